The molecule has 0 fully saturated rings. The second-order valence-electron chi connectivity index (χ2n) is 6.74. The van der Waals surface area contributed by atoms with Crippen LogP contribution >= 0.6 is 22.9 Å². The topological polar surface area (TPSA) is 119 Å². The zero-order chi connectivity index (χ0) is 24.4. The fraction of sp³-hybridized carbons (Fsp3) is 0.278. The molecule has 0 aliphatic carbocycles. The van der Waals surface area contributed by atoms with Gasteiger partial charge in [0.1, 0.15) is 16.1 Å². The van der Waals surface area contributed by atoms with Gasteiger partial charge in [0.25, 0.3) is 10.0 Å². The summed E-state index contributed by atoms with van der Waals surface area (Å²) in [6.45, 7) is -0.672. The molecule has 1 atom stereocenters. The van der Waals surface area contributed by atoms with Crippen LogP contribution in [0.1, 0.15) is 18.4 Å². The highest BCUT2D eigenvalue weighted by Crippen LogP contribution is 2.33. The fourth-order valence-corrected chi connectivity index (χ4v) is 6.06. The van der Waals surface area contributed by atoms with Crippen LogP contribution in [0.2, 0.25) is 5.02 Å². The van der Waals surface area contributed by atoms with Crippen molar-refractivity contribution in [1.82, 2.24) is 14.4 Å². The summed E-state index contributed by atoms with van der Waals surface area (Å²) >= 11 is 6.92. The molecule has 15 heteroatoms. The molecule has 2 N–H and O–H groups in total. The number of sulfonamides is 1. The lowest BCUT2D eigenvalue weighted by molar-refractivity contribution is -0.140. The highest BCUT2D eigenvalue weighted by molar-refractivity contribution is 7.91. The van der Waals surface area contributed by atoms with Crippen LogP contribution in [0.25, 0.3) is 11.4 Å². The van der Waals surface area contributed by atoms with Crippen molar-refractivity contribution in [1.29, 1.82) is 0 Å². The highest BCUT2D eigenvalue weighted by Gasteiger charge is 2.39. The van der Waals surface area contributed by atoms with Gasteiger partial charge in [0, 0.05) is 13.0 Å². The van der Waals surface area contributed by atoms with Gasteiger partial charge in [0.05, 0.1) is 10.6 Å². The largest absolute Gasteiger partial charge is 0.389 e. The Morgan fingerprint density at radius 2 is 2.06 bits per heavy atom. The number of halogens is 5. The van der Waals surface area contributed by atoms with E-state index in [1.165, 1.54) is 23.6 Å². The molecular formula is C18H15ClF4N4O4S2. The lowest BCUT2D eigenvalue weighted by atomic mass is 10.1. The number of rotatable bonds is 9. The Balaban J connectivity index is 2.04. The maximum Gasteiger partial charge on any atom is 0.389 e. The number of hydrogen-bond acceptors (Lipinski definition) is 7. The molecule has 0 saturated carbocycles. The SMILES string of the molecule is NC(=O)[C@@H](CCC(F)(F)F)N(Cc1cc(F)c(-c2ncon2)c(Cl)c1)S(=O)(=O)c1cccs1. The lowest BCUT2D eigenvalue weighted by Gasteiger charge is -2.29. The van der Waals surface area contributed by atoms with Crippen molar-refractivity contribution in [3.05, 3.63) is 52.4 Å². The number of amides is 1. The molecule has 0 unspecified atom stereocenters. The van der Waals surface area contributed by atoms with Crippen LogP contribution < -0.4 is 5.73 Å². The number of carbonyl (C=O) groups excluding carboxylic acids is 1. The minimum atomic E-state index is -4.66. The summed E-state index contributed by atoms with van der Waals surface area (Å²) < 4.78 is 84.4. The van der Waals surface area contributed by atoms with Gasteiger partial charge in [-0.15, -0.1) is 11.3 Å². The summed E-state index contributed by atoms with van der Waals surface area (Å²) in [5.41, 5.74) is 5.03. The summed E-state index contributed by atoms with van der Waals surface area (Å²) in [5, 5.41) is 4.73. The summed E-state index contributed by atoms with van der Waals surface area (Å²) in [7, 11) is -4.47. The number of carbonyl (C=O) groups is 1. The van der Waals surface area contributed by atoms with Gasteiger partial charge < -0.3 is 10.3 Å². The summed E-state index contributed by atoms with van der Waals surface area (Å²) in [6.07, 6.45) is -6.08. The van der Waals surface area contributed by atoms with Gasteiger partial charge in [0.2, 0.25) is 18.1 Å². The van der Waals surface area contributed by atoms with Crippen molar-refractivity contribution in [2.45, 2.75) is 35.8 Å². The highest BCUT2D eigenvalue weighted by atomic mass is 35.5. The van der Waals surface area contributed by atoms with E-state index in [-0.39, 0.29) is 26.2 Å². The van der Waals surface area contributed by atoms with E-state index in [1.54, 1.807) is 0 Å². The van der Waals surface area contributed by atoms with Crippen LogP contribution in [-0.4, -0.2) is 41.0 Å². The normalized spacial score (nSPS) is 13.4. The number of nitrogens with zero attached hydrogens (tertiary/aromatic N) is 3. The van der Waals surface area contributed by atoms with E-state index in [0.717, 1.165) is 23.8 Å². The predicted octanol–water partition coefficient (Wildman–Crippen LogP) is 3.98. The monoisotopic (exact) mass is 526 g/mol. The Labute approximate surface area is 194 Å². The Morgan fingerprint density at radius 1 is 1.33 bits per heavy atom. The molecule has 1 amide bonds. The molecule has 33 heavy (non-hydrogen) atoms. The molecule has 0 bridgehead atoms. The van der Waals surface area contributed by atoms with Crippen LogP contribution in [0.4, 0.5) is 17.6 Å². The van der Waals surface area contributed by atoms with Crippen LogP contribution in [0, 0.1) is 5.82 Å². The van der Waals surface area contributed by atoms with Gasteiger partial charge >= 0.3 is 6.18 Å². The first kappa shape index (κ1) is 25.1. The summed E-state index contributed by atoms with van der Waals surface area (Å²) in [5.74, 6) is -2.38. The molecule has 0 spiro atoms. The maximum atomic E-state index is 14.7. The first-order chi connectivity index (χ1) is 15.4. The van der Waals surface area contributed by atoms with E-state index in [1.807, 2.05) is 0 Å². The molecule has 0 aliphatic heterocycles. The number of nitrogens with two attached hydrogens (primary N) is 1. The molecular weight excluding hydrogens is 512 g/mol. The molecule has 3 rings (SSSR count). The standard InChI is InChI=1S/C18H15ClF4N4O4S2/c19-11-6-10(7-12(20)15(11)17-25-9-31-26-17)8-27(33(29,30)14-2-1-5-32-14)13(16(24)28)3-4-18(21,22)23/h1-2,5-7,9,13H,3-4,8H2,(H2,24,28)/t13-/m1/s1. The maximum absolute atomic E-state index is 14.7. The van der Waals surface area contributed by atoms with Gasteiger partial charge in [-0.25, -0.2) is 12.8 Å². The second-order valence-corrected chi connectivity index (χ2v) is 10.2. The minimum Gasteiger partial charge on any atom is -0.368 e. The van der Waals surface area contributed by atoms with Crippen molar-refractivity contribution < 1.29 is 35.3 Å². The van der Waals surface area contributed by atoms with E-state index < -0.39 is 53.4 Å². The van der Waals surface area contributed by atoms with Gasteiger partial charge in [0.15, 0.2) is 0 Å². The molecule has 2 aromatic heterocycles. The summed E-state index contributed by atoms with van der Waals surface area (Å²) in [4.78, 5) is 15.7. The van der Waals surface area contributed by atoms with E-state index in [0.29, 0.717) is 4.31 Å². The van der Waals surface area contributed by atoms with Gasteiger partial charge in [-0.1, -0.05) is 22.8 Å². The zero-order valence-electron chi connectivity index (χ0n) is 16.4. The quantitative estimate of drug-likeness (QED) is 0.421. The number of alkyl halides is 3. The van der Waals surface area contributed by atoms with Crippen LogP contribution in [0.3, 0.4) is 0 Å². The van der Waals surface area contributed by atoms with Crippen LogP contribution in [0.5, 0.6) is 0 Å². The van der Waals surface area contributed by atoms with Crippen molar-refractivity contribution in [3.63, 3.8) is 0 Å². The second kappa shape index (κ2) is 9.75. The number of aromatic nitrogens is 2. The smallest absolute Gasteiger partial charge is 0.368 e. The van der Waals surface area contributed by atoms with E-state index in [2.05, 4.69) is 14.7 Å². The molecule has 0 radical (unpaired) electrons. The van der Waals surface area contributed by atoms with Crippen LogP contribution in [0.15, 0.2) is 44.8 Å². The predicted molar refractivity (Wildman–Crippen MR) is 110 cm³/mol. The molecule has 0 saturated heterocycles. The summed E-state index contributed by atoms with van der Waals surface area (Å²) in [6, 6.07) is 2.89. The van der Waals surface area contributed by atoms with Crippen LogP contribution in [-0.2, 0) is 21.4 Å². The third-order valence-corrected chi connectivity index (χ3v) is 7.99. The van der Waals surface area contributed by atoms with Gasteiger partial charge in [-0.3, -0.25) is 4.79 Å². The third kappa shape index (κ3) is 5.88. The molecule has 8 nitrogen and oxygen atoms in total. The molecule has 3 aromatic rings. The zero-order valence-corrected chi connectivity index (χ0v) is 18.8. The first-order valence-electron chi connectivity index (χ1n) is 9.06. The number of benzene rings is 1. The third-order valence-electron chi connectivity index (χ3n) is 4.46. The Morgan fingerprint density at radius 3 is 2.58 bits per heavy atom. The fourth-order valence-electron chi connectivity index (χ4n) is 3.01. The van der Waals surface area contributed by atoms with Crippen molar-refractivity contribution in [2.75, 3.05) is 0 Å². The molecule has 178 valence electrons. The molecule has 1 aromatic carbocycles. The Kier molecular flexibility index (Phi) is 7.41. The van der Waals surface area contributed by atoms with Crippen molar-refractivity contribution in [2.24, 2.45) is 5.73 Å². The van der Waals surface area contributed by atoms with Gasteiger partial charge in [-0.05, 0) is 35.6 Å². The number of thiophene rings is 1. The first-order valence-corrected chi connectivity index (χ1v) is 11.8. The van der Waals surface area contributed by atoms with Crippen molar-refractivity contribution >= 4 is 38.9 Å². The average Bonchev–Trinajstić information content (AvgIpc) is 3.40. The minimum absolute atomic E-state index is 0.0388. The number of primary amides is 1. The Hall–Kier alpha value is -2.55. The lowest BCUT2D eigenvalue weighted by Crippen LogP contribution is -2.47. The van der Waals surface area contributed by atoms with E-state index in [4.69, 9.17) is 17.3 Å². The average molecular weight is 527 g/mol. The molecule has 0 aliphatic rings. The molecule has 2 heterocycles. The Bertz CT molecular complexity index is 1200. The van der Waals surface area contributed by atoms with Crippen molar-refractivity contribution in [3.8, 4) is 11.4 Å². The number of hydrogen-bond donors (Lipinski definition) is 1. The van der Waals surface area contributed by atoms with Gasteiger partial charge in [-0.2, -0.15) is 22.5 Å². The van der Waals surface area contributed by atoms with E-state index >= 15 is 0 Å². The van der Waals surface area contributed by atoms with E-state index in [9.17, 15) is 30.8 Å².